The van der Waals surface area contributed by atoms with Crippen molar-refractivity contribution in [3.63, 3.8) is 0 Å². The Kier molecular flexibility index (Phi) is 6.07. The number of benzene rings is 3. The standard InChI is InChI=1S/C25H23FN2O4/c1-16(17-6-8-20(26)9-7-17)28-14-19-12-21(10-11-23(19)32-15-24(28)29)27-25(30)18-4-3-5-22(13-18)31-2/h3-13,16H,14-15H2,1-2H3,(H,27,30). The normalized spacial score (nSPS) is 14.1. The highest BCUT2D eigenvalue weighted by Gasteiger charge is 2.27. The van der Waals surface area contributed by atoms with Gasteiger partial charge in [0.25, 0.3) is 11.8 Å². The molecule has 1 heterocycles. The molecule has 1 N–H and O–H groups in total. The summed E-state index contributed by atoms with van der Waals surface area (Å²) in [5.74, 6) is 0.419. The van der Waals surface area contributed by atoms with Crippen molar-refractivity contribution in [1.29, 1.82) is 0 Å². The molecular weight excluding hydrogens is 411 g/mol. The Bertz CT molecular complexity index is 1150. The number of anilines is 1. The number of fused-ring (bicyclic) bond motifs is 1. The summed E-state index contributed by atoms with van der Waals surface area (Å²) in [5, 5.41) is 2.88. The van der Waals surface area contributed by atoms with Crippen molar-refractivity contribution in [2.75, 3.05) is 19.0 Å². The molecule has 0 radical (unpaired) electrons. The topological polar surface area (TPSA) is 67.9 Å². The molecule has 0 aromatic heterocycles. The van der Waals surface area contributed by atoms with Gasteiger partial charge in [0.15, 0.2) is 6.61 Å². The molecule has 1 unspecified atom stereocenters. The van der Waals surface area contributed by atoms with Crippen LogP contribution < -0.4 is 14.8 Å². The summed E-state index contributed by atoms with van der Waals surface area (Å²) in [6, 6.07) is 18.0. The second kappa shape index (κ2) is 9.09. The summed E-state index contributed by atoms with van der Waals surface area (Å²) < 4.78 is 24.2. The number of rotatable bonds is 5. The molecule has 1 aliphatic rings. The maximum Gasteiger partial charge on any atom is 0.261 e. The quantitative estimate of drug-likeness (QED) is 0.639. The van der Waals surface area contributed by atoms with Gasteiger partial charge in [-0.25, -0.2) is 4.39 Å². The first-order chi connectivity index (χ1) is 15.4. The fourth-order valence-electron chi connectivity index (χ4n) is 3.66. The summed E-state index contributed by atoms with van der Waals surface area (Å²) in [4.78, 5) is 27.1. The van der Waals surface area contributed by atoms with E-state index in [1.165, 1.54) is 12.1 Å². The van der Waals surface area contributed by atoms with Gasteiger partial charge in [-0.15, -0.1) is 0 Å². The first kappa shape index (κ1) is 21.4. The van der Waals surface area contributed by atoms with E-state index >= 15 is 0 Å². The van der Waals surface area contributed by atoms with E-state index in [4.69, 9.17) is 9.47 Å². The van der Waals surface area contributed by atoms with Crippen molar-refractivity contribution in [1.82, 2.24) is 4.90 Å². The number of methoxy groups -OCH3 is 1. The average molecular weight is 434 g/mol. The summed E-state index contributed by atoms with van der Waals surface area (Å²) >= 11 is 0. The van der Waals surface area contributed by atoms with Gasteiger partial charge < -0.3 is 19.7 Å². The van der Waals surface area contributed by atoms with Crippen LogP contribution in [0.15, 0.2) is 66.7 Å². The second-order valence-corrected chi connectivity index (χ2v) is 7.55. The highest BCUT2D eigenvalue weighted by atomic mass is 19.1. The Labute approximate surface area is 185 Å². The monoisotopic (exact) mass is 434 g/mol. The van der Waals surface area contributed by atoms with Gasteiger partial charge in [-0.2, -0.15) is 0 Å². The van der Waals surface area contributed by atoms with Crippen molar-refractivity contribution in [2.45, 2.75) is 19.5 Å². The van der Waals surface area contributed by atoms with Crippen molar-refractivity contribution >= 4 is 17.5 Å². The fraction of sp³-hybridized carbons (Fsp3) is 0.200. The lowest BCUT2D eigenvalue weighted by Gasteiger charge is -2.28. The van der Waals surface area contributed by atoms with Gasteiger partial charge in [0.2, 0.25) is 0 Å². The highest BCUT2D eigenvalue weighted by Crippen LogP contribution is 2.31. The third-order valence-corrected chi connectivity index (χ3v) is 5.48. The van der Waals surface area contributed by atoms with Crippen LogP contribution in [-0.2, 0) is 11.3 Å². The Balaban J connectivity index is 1.56. The van der Waals surface area contributed by atoms with Crippen LogP contribution in [0.5, 0.6) is 11.5 Å². The highest BCUT2D eigenvalue weighted by molar-refractivity contribution is 6.04. The molecule has 2 amide bonds. The van der Waals surface area contributed by atoms with Crippen molar-refractivity contribution < 1.29 is 23.5 Å². The number of hydrogen-bond acceptors (Lipinski definition) is 4. The lowest BCUT2D eigenvalue weighted by molar-refractivity contribution is -0.135. The predicted molar refractivity (Wildman–Crippen MR) is 118 cm³/mol. The number of carbonyl (C=O) groups excluding carboxylic acids is 2. The maximum absolute atomic E-state index is 13.3. The van der Waals surface area contributed by atoms with Crippen LogP contribution in [0.2, 0.25) is 0 Å². The van der Waals surface area contributed by atoms with Crippen LogP contribution in [-0.4, -0.2) is 30.4 Å². The molecule has 3 aromatic carbocycles. The van der Waals surface area contributed by atoms with Crippen molar-refractivity contribution in [3.8, 4) is 11.5 Å². The van der Waals surface area contributed by atoms with Crippen LogP contribution in [0.25, 0.3) is 0 Å². The minimum atomic E-state index is -0.326. The fourth-order valence-corrected chi connectivity index (χ4v) is 3.66. The molecule has 0 spiro atoms. The Hall–Kier alpha value is -3.87. The molecule has 0 bridgehead atoms. The molecule has 164 valence electrons. The Morgan fingerprint density at radius 2 is 1.91 bits per heavy atom. The first-order valence-corrected chi connectivity index (χ1v) is 10.2. The minimum absolute atomic E-state index is 0.0892. The molecule has 0 fully saturated rings. The number of nitrogens with one attached hydrogen (secondary N) is 1. The van der Waals surface area contributed by atoms with Gasteiger partial charge in [0.05, 0.1) is 19.7 Å². The van der Waals surface area contributed by atoms with Gasteiger partial charge in [0, 0.05) is 16.8 Å². The van der Waals surface area contributed by atoms with Gasteiger partial charge in [-0.1, -0.05) is 18.2 Å². The molecule has 6 nitrogen and oxygen atoms in total. The molecule has 32 heavy (non-hydrogen) atoms. The first-order valence-electron chi connectivity index (χ1n) is 10.2. The zero-order valence-corrected chi connectivity index (χ0v) is 17.8. The molecule has 1 atom stereocenters. The van der Waals surface area contributed by atoms with Crippen LogP contribution in [0.3, 0.4) is 0 Å². The van der Waals surface area contributed by atoms with Crippen LogP contribution in [0, 0.1) is 5.82 Å². The Morgan fingerprint density at radius 1 is 1.12 bits per heavy atom. The molecule has 1 aliphatic heterocycles. The molecule has 0 saturated heterocycles. The summed E-state index contributed by atoms with van der Waals surface area (Å²) in [6.07, 6.45) is 0. The number of hydrogen-bond donors (Lipinski definition) is 1. The van der Waals surface area contributed by atoms with Gasteiger partial charge in [-0.3, -0.25) is 9.59 Å². The lowest BCUT2D eigenvalue weighted by atomic mass is 10.1. The van der Waals surface area contributed by atoms with Crippen LogP contribution in [0.1, 0.15) is 34.5 Å². The maximum atomic E-state index is 13.3. The zero-order valence-electron chi connectivity index (χ0n) is 17.8. The second-order valence-electron chi connectivity index (χ2n) is 7.55. The third-order valence-electron chi connectivity index (χ3n) is 5.48. The predicted octanol–water partition coefficient (Wildman–Crippen LogP) is 4.57. The molecule has 4 rings (SSSR count). The summed E-state index contributed by atoms with van der Waals surface area (Å²) in [5.41, 5.74) is 2.65. The Morgan fingerprint density at radius 3 is 2.66 bits per heavy atom. The van der Waals surface area contributed by atoms with E-state index in [1.807, 2.05) is 6.92 Å². The van der Waals surface area contributed by atoms with E-state index in [-0.39, 0.29) is 30.3 Å². The largest absolute Gasteiger partial charge is 0.497 e. The van der Waals surface area contributed by atoms with E-state index in [0.717, 1.165) is 11.1 Å². The minimum Gasteiger partial charge on any atom is -0.497 e. The van der Waals surface area contributed by atoms with Gasteiger partial charge in [0.1, 0.15) is 17.3 Å². The van der Waals surface area contributed by atoms with E-state index < -0.39 is 0 Å². The molecular formula is C25H23FN2O4. The van der Waals surface area contributed by atoms with Crippen molar-refractivity contribution in [2.24, 2.45) is 0 Å². The summed E-state index contributed by atoms with van der Waals surface area (Å²) in [7, 11) is 1.55. The third kappa shape index (κ3) is 4.56. The molecule has 3 aromatic rings. The van der Waals surface area contributed by atoms with Crippen LogP contribution >= 0.6 is 0 Å². The van der Waals surface area contributed by atoms with E-state index in [1.54, 1.807) is 66.6 Å². The van der Waals surface area contributed by atoms with Crippen molar-refractivity contribution in [3.05, 3.63) is 89.2 Å². The number of nitrogens with zero attached hydrogens (tertiary/aromatic N) is 1. The van der Waals surface area contributed by atoms with E-state index in [0.29, 0.717) is 29.3 Å². The molecule has 7 heteroatoms. The van der Waals surface area contributed by atoms with Crippen LogP contribution in [0.4, 0.5) is 10.1 Å². The number of ether oxygens (including phenoxy) is 2. The molecule has 0 saturated carbocycles. The number of halogens is 1. The average Bonchev–Trinajstić information content (AvgIpc) is 2.97. The van der Waals surface area contributed by atoms with Gasteiger partial charge in [-0.05, 0) is 61.0 Å². The number of amides is 2. The molecule has 0 aliphatic carbocycles. The zero-order chi connectivity index (χ0) is 22.7. The lowest BCUT2D eigenvalue weighted by Crippen LogP contribution is -2.34. The summed E-state index contributed by atoms with van der Waals surface area (Å²) in [6.45, 7) is 2.11. The van der Waals surface area contributed by atoms with E-state index in [9.17, 15) is 14.0 Å². The SMILES string of the molecule is COc1cccc(C(=O)Nc2ccc3c(c2)CN(C(C)c2ccc(F)cc2)C(=O)CO3)c1. The number of carbonyl (C=O) groups is 2. The van der Waals surface area contributed by atoms with Gasteiger partial charge >= 0.3 is 0 Å². The van der Waals surface area contributed by atoms with E-state index in [2.05, 4.69) is 5.32 Å². The smallest absolute Gasteiger partial charge is 0.261 e.